The summed E-state index contributed by atoms with van der Waals surface area (Å²) in [6, 6.07) is 5.94. The number of benzene rings is 1. The number of nitrogens with zero attached hydrogens (tertiary/aromatic N) is 1. The third kappa shape index (κ3) is 3.50. The van der Waals surface area contributed by atoms with Gasteiger partial charge in [-0.25, -0.2) is 13.6 Å². The van der Waals surface area contributed by atoms with Crippen molar-refractivity contribution in [1.29, 1.82) is 0 Å². The number of primary sulfonamides is 1. The van der Waals surface area contributed by atoms with Gasteiger partial charge in [-0.05, 0) is 18.2 Å². The number of hydrogen-bond acceptors (Lipinski definition) is 4. The third-order valence-electron chi connectivity index (χ3n) is 2.59. The Kier molecular flexibility index (Phi) is 3.88. The maximum Gasteiger partial charge on any atom is 0.418 e. The second kappa shape index (κ2) is 5.34. The molecule has 1 heterocycles. The summed E-state index contributed by atoms with van der Waals surface area (Å²) in [6.07, 6.45) is -2.36. The van der Waals surface area contributed by atoms with Crippen LogP contribution in [-0.4, -0.2) is 13.4 Å². The molecule has 2 aromatic rings. The Morgan fingerprint density at radius 1 is 1.10 bits per heavy atom. The smallest absolute Gasteiger partial charge is 0.354 e. The summed E-state index contributed by atoms with van der Waals surface area (Å²) in [4.78, 5) is 3.22. The summed E-state index contributed by atoms with van der Waals surface area (Å²) in [7, 11) is -4.11. The fraction of sp³-hybridized carbons (Fsp3) is 0.0833. The second-order valence-electron chi connectivity index (χ2n) is 4.09. The Morgan fingerprint density at radius 2 is 1.76 bits per heavy atom. The first-order valence-corrected chi connectivity index (χ1v) is 7.14. The zero-order chi connectivity index (χ0) is 15.7. The fourth-order valence-corrected chi connectivity index (χ4v) is 2.33. The molecule has 1 aromatic carbocycles. The van der Waals surface area contributed by atoms with E-state index >= 15 is 0 Å². The molecule has 0 bridgehead atoms. The number of hydrogen-bond donors (Lipinski definition) is 2. The normalized spacial score (nSPS) is 12.2. The predicted octanol–water partition coefficient (Wildman–Crippen LogP) is 2.49. The van der Waals surface area contributed by atoms with Crippen LogP contribution in [0.1, 0.15) is 5.56 Å². The number of rotatable bonds is 3. The van der Waals surface area contributed by atoms with Gasteiger partial charge in [-0.15, -0.1) is 0 Å². The second-order valence-corrected chi connectivity index (χ2v) is 5.62. The molecular weight excluding hydrogens is 307 g/mol. The zero-order valence-electron chi connectivity index (χ0n) is 10.4. The topological polar surface area (TPSA) is 85.1 Å². The first-order chi connectivity index (χ1) is 9.69. The van der Waals surface area contributed by atoms with E-state index in [4.69, 9.17) is 5.14 Å². The van der Waals surface area contributed by atoms with E-state index in [0.717, 1.165) is 12.3 Å². The van der Waals surface area contributed by atoms with E-state index < -0.39 is 21.8 Å². The van der Waals surface area contributed by atoms with Crippen LogP contribution < -0.4 is 10.5 Å². The van der Waals surface area contributed by atoms with Gasteiger partial charge in [-0.1, -0.05) is 12.1 Å². The lowest BCUT2D eigenvalue weighted by Crippen LogP contribution is -2.15. The van der Waals surface area contributed by atoms with Crippen LogP contribution in [0.15, 0.2) is 47.6 Å². The van der Waals surface area contributed by atoms with E-state index in [0.29, 0.717) is 0 Å². The van der Waals surface area contributed by atoms with E-state index in [1.54, 1.807) is 0 Å². The van der Waals surface area contributed by atoms with Gasteiger partial charge >= 0.3 is 6.18 Å². The van der Waals surface area contributed by atoms with Crippen LogP contribution in [0.25, 0.3) is 0 Å². The van der Waals surface area contributed by atoms with E-state index in [1.807, 2.05) is 0 Å². The lowest BCUT2D eigenvalue weighted by atomic mass is 10.1. The molecule has 0 saturated carbocycles. The van der Waals surface area contributed by atoms with Crippen molar-refractivity contribution in [3.05, 3.63) is 48.3 Å². The van der Waals surface area contributed by atoms with Gasteiger partial charge in [0.1, 0.15) is 4.90 Å². The highest BCUT2D eigenvalue weighted by Crippen LogP contribution is 2.36. The van der Waals surface area contributed by atoms with Gasteiger partial charge < -0.3 is 5.32 Å². The van der Waals surface area contributed by atoms with Gasteiger partial charge in [-0.3, -0.25) is 4.98 Å². The lowest BCUT2D eigenvalue weighted by molar-refractivity contribution is -0.136. The monoisotopic (exact) mass is 317 g/mol. The minimum Gasteiger partial charge on any atom is -0.354 e. The summed E-state index contributed by atoms with van der Waals surface area (Å²) in [5.74, 6) is 0. The van der Waals surface area contributed by atoms with Crippen LogP contribution in [-0.2, 0) is 16.2 Å². The molecule has 0 saturated heterocycles. The average Bonchev–Trinajstić information content (AvgIpc) is 2.37. The average molecular weight is 317 g/mol. The summed E-state index contributed by atoms with van der Waals surface area (Å²) >= 11 is 0. The Bertz CT molecular complexity index is 760. The van der Waals surface area contributed by atoms with Gasteiger partial charge in [0, 0.05) is 12.4 Å². The molecule has 3 N–H and O–H groups in total. The van der Waals surface area contributed by atoms with E-state index in [9.17, 15) is 21.6 Å². The van der Waals surface area contributed by atoms with Crippen molar-refractivity contribution in [2.24, 2.45) is 5.14 Å². The Hall–Kier alpha value is -2.13. The number of para-hydroxylation sites is 1. The first-order valence-electron chi connectivity index (χ1n) is 5.59. The number of halogens is 3. The molecule has 0 aliphatic rings. The number of anilines is 2. The molecule has 0 fully saturated rings. The fourth-order valence-electron chi connectivity index (χ4n) is 1.69. The summed E-state index contributed by atoms with van der Waals surface area (Å²) in [6.45, 7) is 0. The highest BCUT2D eigenvalue weighted by Gasteiger charge is 2.33. The van der Waals surface area contributed by atoms with E-state index in [2.05, 4.69) is 10.3 Å². The van der Waals surface area contributed by atoms with Crippen LogP contribution in [0, 0.1) is 0 Å². The lowest BCUT2D eigenvalue weighted by Gasteiger charge is -2.15. The summed E-state index contributed by atoms with van der Waals surface area (Å²) < 4.78 is 61.5. The summed E-state index contributed by atoms with van der Waals surface area (Å²) in [5.41, 5.74) is -1.27. The van der Waals surface area contributed by atoms with Crippen LogP contribution in [0.3, 0.4) is 0 Å². The van der Waals surface area contributed by atoms with Gasteiger partial charge in [0.05, 0.1) is 16.9 Å². The number of alkyl halides is 3. The molecule has 0 atom stereocenters. The molecule has 0 radical (unpaired) electrons. The Morgan fingerprint density at radius 3 is 2.38 bits per heavy atom. The molecule has 0 aliphatic carbocycles. The maximum atomic E-state index is 12.9. The van der Waals surface area contributed by atoms with Crippen molar-refractivity contribution >= 4 is 21.4 Å². The number of pyridine rings is 1. The Balaban J connectivity index is 2.50. The van der Waals surface area contributed by atoms with Gasteiger partial charge in [0.25, 0.3) is 0 Å². The van der Waals surface area contributed by atoms with Gasteiger partial charge in [0.15, 0.2) is 0 Å². The van der Waals surface area contributed by atoms with Gasteiger partial charge in [-0.2, -0.15) is 13.2 Å². The van der Waals surface area contributed by atoms with Crippen LogP contribution >= 0.6 is 0 Å². The van der Waals surface area contributed by atoms with E-state index in [-0.39, 0.29) is 16.3 Å². The highest BCUT2D eigenvalue weighted by molar-refractivity contribution is 7.89. The van der Waals surface area contributed by atoms with Crippen molar-refractivity contribution < 1.29 is 21.6 Å². The molecule has 112 valence electrons. The molecule has 5 nitrogen and oxygen atoms in total. The summed E-state index contributed by atoms with van der Waals surface area (Å²) in [5, 5.41) is 7.44. The van der Waals surface area contributed by atoms with E-state index in [1.165, 1.54) is 30.5 Å². The first kappa shape index (κ1) is 15.3. The number of sulfonamides is 1. The molecular formula is C12H10F3N3O2S. The molecule has 0 amide bonds. The van der Waals surface area contributed by atoms with Crippen LogP contribution in [0.5, 0.6) is 0 Å². The quantitative estimate of drug-likeness (QED) is 0.911. The number of nitrogens with one attached hydrogen (secondary N) is 1. The minimum absolute atomic E-state index is 0.0794. The molecule has 0 aliphatic heterocycles. The number of aromatic nitrogens is 1. The largest absolute Gasteiger partial charge is 0.418 e. The molecule has 21 heavy (non-hydrogen) atoms. The third-order valence-corrected chi connectivity index (χ3v) is 3.53. The minimum atomic E-state index is -4.57. The molecule has 1 aromatic heterocycles. The SMILES string of the molecule is NS(=O)(=O)c1cnccc1Nc1ccccc1C(F)(F)F. The van der Waals surface area contributed by atoms with Gasteiger partial charge in [0.2, 0.25) is 10.0 Å². The molecule has 9 heteroatoms. The van der Waals surface area contributed by atoms with Crippen LogP contribution in [0.4, 0.5) is 24.5 Å². The molecule has 0 unspecified atom stereocenters. The van der Waals surface area contributed by atoms with Crippen molar-refractivity contribution in [3.8, 4) is 0 Å². The van der Waals surface area contributed by atoms with Crippen molar-refractivity contribution in [2.75, 3.05) is 5.32 Å². The van der Waals surface area contributed by atoms with Crippen LogP contribution in [0.2, 0.25) is 0 Å². The van der Waals surface area contributed by atoms with Crippen molar-refractivity contribution in [3.63, 3.8) is 0 Å². The molecule has 0 spiro atoms. The van der Waals surface area contributed by atoms with Crippen molar-refractivity contribution in [1.82, 2.24) is 4.98 Å². The maximum absolute atomic E-state index is 12.9. The van der Waals surface area contributed by atoms with Crippen molar-refractivity contribution in [2.45, 2.75) is 11.1 Å². The molecule has 2 rings (SSSR count). The highest BCUT2D eigenvalue weighted by atomic mass is 32.2. The zero-order valence-corrected chi connectivity index (χ0v) is 11.2. The predicted molar refractivity (Wildman–Crippen MR) is 70.3 cm³/mol. The Labute approximate surface area is 118 Å². The standard InChI is InChI=1S/C12H10F3N3O2S/c13-12(14,15)8-3-1-2-4-9(8)18-10-5-6-17-7-11(10)21(16,19)20/h1-7H,(H,17,18)(H2,16,19,20). The number of nitrogens with two attached hydrogens (primary N) is 1.